The number of rotatable bonds is 2. The van der Waals surface area contributed by atoms with E-state index in [1.165, 1.54) is 6.20 Å². The van der Waals surface area contributed by atoms with Crippen molar-refractivity contribution in [3.8, 4) is 0 Å². The highest BCUT2D eigenvalue weighted by Crippen LogP contribution is 1.87. The SMILES string of the molecule is CC(C)=N/C(N)=C/N=C(N)N. The van der Waals surface area contributed by atoms with Gasteiger partial charge in [-0.05, 0) is 13.8 Å². The lowest BCUT2D eigenvalue weighted by molar-refractivity contribution is 1.20. The maximum atomic E-state index is 5.38. The van der Waals surface area contributed by atoms with E-state index >= 15 is 0 Å². The Bertz CT molecular complexity index is 205. The van der Waals surface area contributed by atoms with Gasteiger partial charge in [-0.25, -0.2) is 9.98 Å². The summed E-state index contributed by atoms with van der Waals surface area (Å²) in [6.45, 7) is 3.66. The molecule has 0 aliphatic heterocycles. The van der Waals surface area contributed by atoms with Crippen molar-refractivity contribution in [3.05, 3.63) is 12.0 Å². The Morgan fingerprint density at radius 3 is 2.09 bits per heavy atom. The first-order valence-corrected chi connectivity index (χ1v) is 3.08. The van der Waals surface area contributed by atoms with Gasteiger partial charge in [0.15, 0.2) is 5.96 Å². The molecule has 0 spiro atoms. The molecule has 0 heterocycles. The third-order valence-electron chi connectivity index (χ3n) is 0.699. The minimum atomic E-state index is -0.0306. The highest BCUT2D eigenvalue weighted by Gasteiger charge is 1.83. The third-order valence-corrected chi connectivity index (χ3v) is 0.699. The fraction of sp³-hybridized carbons (Fsp3) is 0.333. The molecule has 0 atom stereocenters. The van der Waals surface area contributed by atoms with Gasteiger partial charge in [0.05, 0.1) is 6.20 Å². The Labute approximate surface area is 65.7 Å². The molecule has 0 saturated heterocycles. The maximum absolute atomic E-state index is 5.38. The Morgan fingerprint density at radius 1 is 1.18 bits per heavy atom. The van der Waals surface area contributed by atoms with Gasteiger partial charge in [-0.1, -0.05) is 0 Å². The van der Waals surface area contributed by atoms with Gasteiger partial charge in [0, 0.05) is 5.71 Å². The van der Waals surface area contributed by atoms with Crippen molar-refractivity contribution >= 4 is 11.7 Å². The van der Waals surface area contributed by atoms with Crippen molar-refractivity contribution in [2.75, 3.05) is 0 Å². The molecule has 0 radical (unpaired) electrons. The van der Waals surface area contributed by atoms with Crippen LogP contribution in [-0.2, 0) is 0 Å². The molecule has 0 aromatic heterocycles. The van der Waals surface area contributed by atoms with Crippen molar-refractivity contribution in [1.29, 1.82) is 0 Å². The summed E-state index contributed by atoms with van der Waals surface area (Å²) in [5, 5.41) is 0. The molecule has 0 aliphatic rings. The van der Waals surface area contributed by atoms with Crippen LogP contribution < -0.4 is 17.2 Å². The van der Waals surface area contributed by atoms with Gasteiger partial charge in [-0.3, -0.25) is 0 Å². The number of aliphatic imine (C=N–C) groups is 2. The second kappa shape index (κ2) is 4.32. The van der Waals surface area contributed by atoms with E-state index in [0.717, 1.165) is 5.71 Å². The predicted octanol–water partition coefficient (Wildman–Crippen LogP) is -0.502. The van der Waals surface area contributed by atoms with Gasteiger partial charge < -0.3 is 17.2 Å². The minimum absolute atomic E-state index is 0.0306. The van der Waals surface area contributed by atoms with E-state index in [1.807, 2.05) is 13.8 Å². The van der Waals surface area contributed by atoms with Crippen molar-refractivity contribution in [3.63, 3.8) is 0 Å². The third kappa shape index (κ3) is 6.36. The van der Waals surface area contributed by atoms with Crippen LogP contribution in [0.5, 0.6) is 0 Å². The molecule has 0 bridgehead atoms. The smallest absolute Gasteiger partial charge is 0.190 e. The van der Waals surface area contributed by atoms with Gasteiger partial charge in [0.2, 0.25) is 0 Å². The zero-order chi connectivity index (χ0) is 8.85. The Kier molecular flexibility index (Phi) is 3.72. The molecule has 0 rings (SSSR count). The highest BCUT2D eigenvalue weighted by atomic mass is 15.0. The van der Waals surface area contributed by atoms with Crippen LogP contribution in [0.1, 0.15) is 13.8 Å². The van der Waals surface area contributed by atoms with Gasteiger partial charge in [0.25, 0.3) is 0 Å². The van der Waals surface area contributed by atoms with Crippen LogP contribution in [0, 0.1) is 0 Å². The topological polar surface area (TPSA) is 103 Å². The van der Waals surface area contributed by atoms with Crippen molar-refractivity contribution in [2.24, 2.45) is 27.2 Å². The molecule has 62 valence electrons. The van der Waals surface area contributed by atoms with Gasteiger partial charge in [-0.2, -0.15) is 0 Å². The molecule has 5 nitrogen and oxygen atoms in total. The second-order valence-electron chi connectivity index (χ2n) is 2.17. The Morgan fingerprint density at radius 2 is 1.73 bits per heavy atom. The van der Waals surface area contributed by atoms with E-state index < -0.39 is 0 Å². The molecule has 6 N–H and O–H groups in total. The Hall–Kier alpha value is -1.52. The van der Waals surface area contributed by atoms with E-state index in [0.29, 0.717) is 5.82 Å². The van der Waals surface area contributed by atoms with Crippen LogP contribution >= 0.6 is 0 Å². The molecule has 0 saturated carbocycles. The van der Waals surface area contributed by atoms with E-state index in [-0.39, 0.29) is 5.96 Å². The lowest BCUT2D eigenvalue weighted by Gasteiger charge is -1.91. The number of nitrogens with two attached hydrogens (primary N) is 3. The molecular formula is C6H13N5. The van der Waals surface area contributed by atoms with Crippen LogP contribution in [0.2, 0.25) is 0 Å². The van der Waals surface area contributed by atoms with Crippen molar-refractivity contribution < 1.29 is 0 Å². The molecule has 0 fully saturated rings. The van der Waals surface area contributed by atoms with Crippen LogP contribution in [0.3, 0.4) is 0 Å². The van der Waals surface area contributed by atoms with E-state index in [9.17, 15) is 0 Å². The quantitative estimate of drug-likeness (QED) is 0.370. The zero-order valence-corrected chi connectivity index (χ0v) is 6.70. The first-order valence-electron chi connectivity index (χ1n) is 3.08. The number of nitrogens with zero attached hydrogens (tertiary/aromatic N) is 2. The summed E-state index contributed by atoms with van der Waals surface area (Å²) < 4.78 is 0. The van der Waals surface area contributed by atoms with Crippen LogP contribution in [0.4, 0.5) is 0 Å². The molecule has 0 aromatic rings. The fourth-order valence-corrected chi connectivity index (χ4v) is 0.428. The largest absolute Gasteiger partial charge is 0.382 e. The molecule has 5 heteroatoms. The van der Waals surface area contributed by atoms with Gasteiger partial charge in [-0.15, -0.1) is 0 Å². The first kappa shape index (κ1) is 9.48. The molecule has 11 heavy (non-hydrogen) atoms. The minimum Gasteiger partial charge on any atom is -0.382 e. The van der Waals surface area contributed by atoms with Crippen LogP contribution in [-0.4, -0.2) is 11.7 Å². The molecular weight excluding hydrogens is 142 g/mol. The summed E-state index contributed by atoms with van der Waals surface area (Å²) >= 11 is 0. The van der Waals surface area contributed by atoms with E-state index in [2.05, 4.69) is 9.98 Å². The zero-order valence-electron chi connectivity index (χ0n) is 6.70. The number of hydrogen-bond acceptors (Lipinski definition) is 3. The van der Waals surface area contributed by atoms with Crippen molar-refractivity contribution in [2.45, 2.75) is 13.8 Å². The predicted molar refractivity (Wildman–Crippen MR) is 46.9 cm³/mol. The van der Waals surface area contributed by atoms with Crippen molar-refractivity contribution in [1.82, 2.24) is 0 Å². The Balaban J connectivity index is 4.25. The molecule has 0 aromatic carbocycles. The summed E-state index contributed by atoms with van der Waals surface area (Å²) in [7, 11) is 0. The van der Waals surface area contributed by atoms with Gasteiger partial charge >= 0.3 is 0 Å². The fourth-order valence-electron chi connectivity index (χ4n) is 0.428. The maximum Gasteiger partial charge on any atom is 0.190 e. The normalized spacial score (nSPS) is 10.5. The summed E-state index contributed by atoms with van der Waals surface area (Å²) in [6, 6.07) is 0. The van der Waals surface area contributed by atoms with E-state index in [1.54, 1.807) is 0 Å². The monoisotopic (exact) mass is 155 g/mol. The number of hydrogen-bond donors (Lipinski definition) is 3. The van der Waals surface area contributed by atoms with E-state index in [4.69, 9.17) is 17.2 Å². The first-order chi connectivity index (χ1) is 5.02. The number of guanidine groups is 1. The summed E-state index contributed by atoms with van der Waals surface area (Å²) in [5.41, 5.74) is 16.3. The summed E-state index contributed by atoms with van der Waals surface area (Å²) in [6.07, 6.45) is 1.31. The summed E-state index contributed by atoms with van der Waals surface area (Å²) in [4.78, 5) is 7.44. The molecule has 0 unspecified atom stereocenters. The highest BCUT2D eigenvalue weighted by molar-refractivity contribution is 5.80. The standard InChI is InChI=1S/C6H13N5/c1-4(2)11-5(7)3-10-6(8)9/h3H,7H2,1-2H3,(H4,8,9,10)/b5-3+. The second-order valence-corrected chi connectivity index (χ2v) is 2.17. The van der Waals surface area contributed by atoms with Gasteiger partial charge in [0.1, 0.15) is 5.82 Å². The molecule has 0 aliphatic carbocycles. The van der Waals surface area contributed by atoms with Crippen LogP contribution in [0.15, 0.2) is 22.0 Å². The average Bonchev–Trinajstić information content (AvgIpc) is 1.82. The van der Waals surface area contributed by atoms with Crippen LogP contribution in [0.25, 0.3) is 0 Å². The molecule has 0 amide bonds. The lowest BCUT2D eigenvalue weighted by atomic mass is 10.5. The summed E-state index contributed by atoms with van der Waals surface area (Å²) in [5.74, 6) is 0.260. The lowest BCUT2D eigenvalue weighted by Crippen LogP contribution is -2.22. The average molecular weight is 155 g/mol.